The lowest BCUT2D eigenvalue weighted by Gasteiger charge is -2.19. The van der Waals surface area contributed by atoms with Crippen molar-refractivity contribution in [3.8, 4) is 0 Å². The zero-order chi connectivity index (χ0) is 16.3. The Kier molecular flexibility index (Phi) is 4.77. The molecule has 2 rings (SSSR count). The molecular weight excluding hydrogens is 302 g/mol. The van der Waals surface area contributed by atoms with E-state index in [2.05, 4.69) is 5.10 Å². The predicted molar refractivity (Wildman–Crippen MR) is 82.9 cm³/mol. The molecule has 2 aromatic rings. The smallest absolute Gasteiger partial charge is 0.243 e. The van der Waals surface area contributed by atoms with Crippen LogP contribution in [0, 0.1) is 0 Å². The highest BCUT2D eigenvalue weighted by atomic mass is 32.2. The Morgan fingerprint density at radius 1 is 1.27 bits per heavy atom. The van der Waals surface area contributed by atoms with E-state index in [1.807, 2.05) is 0 Å². The maximum absolute atomic E-state index is 12.7. The van der Waals surface area contributed by atoms with Gasteiger partial charge in [-0.3, -0.25) is 9.48 Å². The summed E-state index contributed by atoms with van der Waals surface area (Å²) in [6.45, 7) is 3.86. The van der Waals surface area contributed by atoms with Gasteiger partial charge >= 0.3 is 0 Å². The quantitative estimate of drug-likeness (QED) is 0.761. The summed E-state index contributed by atoms with van der Waals surface area (Å²) in [4.78, 5) is 11.5. The molecule has 0 N–H and O–H groups in total. The van der Waals surface area contributed by atoms with Crippen LogP contribution in [0.15, 0.2) is 41.6 Å². The Morgan fingerprint density at radius 3 is 2.36 bits per heavy atom. The summed E-state index contributed by atoms with van der Waals surface area (Å²) in [5.74, 6) is -0.0911. The SMILES string of the molecule is CCN(Cc1cnn(C)c1)S(=O)(=O)c1ccc(C(C)=O)cc1. The number of hydrogen-bond acceptors (Lipinski definition) is 4. The third-order valence-corrected chi connectivity index (χ3v) is 5.30. The van der Waals surface area contributed by atoms with Crippen molar-refractivity contribution in [3.05, 3.63) is 47.8 Å². The van der Waals surface area contributed by atoms with Gasteiger partial charge in [0.25, 0.3) is 0 Å². The molecule has 0 saturated carbocycles. The Hall–Kier alpha value is -1.99. The molecular formula is C15H19N3O3S. The lowest BCUT2D eigenvalue weighted by Crippen LogP contribution is -2.30. The van der Waals surface area contributed by atoms with Gasteiger partial charge in [-0.05, 0) is 19.1 Å². The third-order valence-electron chi connectivity index (χ3n) is 3.37. The predicted octanol–water partition coefficient (Wildman–Crippen LogP) is 1.83. The van der Waals surface area contributed by atoms with Gasteiger partial charge in [-0.2, -0.15) is 9.40 Å². The van der Waals surface area contributed by atoms with E-state index >= 15 is 0 Å². The summed E-state index contributed by atoms with van der Waals surface area (Å²) in [5.41, 5.74) is 1.32. The zero-order valence-corrected chi connectivity index (χ0v) is 13.7. The van der Waals surface area contributed by atoms with E-state index in [0.717, 1.165) is 5.56 Å². The van der Waals surface area contributed by atoms with Gasteiger partial charge in [-0.15, -0.1) is 0 Å². The highest BCUT2D eigenvalue weighted by molar-refractivity contribution is 7.89. The second-order valence-corrected chi connectivity index (χ2v) is 6.97. The van der Waals surface area contributed by atoms with E-state index in [0.29, 0.717) is 12.1 Å². The van der Waals surface area contributed by atoms with Crippen LogP contribution in [0.5, 0.6) is 0 Å². The van der Waals surface area contributed by atoms with Crippen molar-refractivity contribution in [1.29, 1.82) is 0 Å². The third kappa shape index (κ3) is 3.42. The lowest BCUT2D eigenvalue weighted by atomic mass is 10.2. The molecule has 0 aliphatic heterocycles. The number of hydrogen-bond donors (Lipinski definition) is 0. The standard InChI is InChI=1S/C15H19N3O3S/c1-4-18(11-13-9-16-17(3)10-13)22(20,21)15-7-5-14(6-8-15)12(2)19/h5-10H,4,11H2,1-3H3. The molecule has 0 aliphatic rings. The number of sulfonamides is 1. The Morgan fingerprint density at radius 2 is 1.91 bits per heavy atom. The fourth-order valence-electron chi connectivity index (χ4n) is 2.13. The molecule has 0 unspecified atom stereocenters. The van der Waals surface area contributed by atoms with Crippen LogP contribution in [0.2, 0.25) is 0 Å². The van der Waals surface area contributed by atoms with Crippen molar-refractivity contribution in [1.82, 2.24) is 14.1 Å². The van der Waals surface area contributed by atoms with Crippen LogP contribution in [0.4, 0.5) is 0 Å². The molecule has 0 amide bonds. The first-order chi connectivity index (χ1) is 10.3. The first-order valence-electron chi connectivity index (χ1n) is 6.93. The van der Waals surface area contributed by atoms with Crippen molar-refractivity contribution >= 4 is 15.8 Å². The van der Waals surface area contributed by atoms with Crippen LogP contribution in [0.1, 0.15) is 29.8 Å². The minimum Gasteiger partial charge on any atom is -0.295 e. The Labute approximate surface area is 130 Å². The van der Waals surface area contributed by atoms with E-state index in [-0.39, 0.29) is 17.2 Å². The van der Waals surface area contributed by atoms with Crippen LogP contribution < -0.4 is 0 Å². The molecule has 1 aromatic carbocycles. The van der Waals surface area contributed by atoms with Gasteiger partial charge in [0.15, 0.2) is 5.78 Å². The number of ketones is 1. The second kappa shape index (κ2) is 6.41. The van der Waals surface area contributed by atoms with Crippen LogP contribution in [0.25, 0.3) is 0 Å². The maximum Gasteiger partial charge on any atom is 0.243 e. The van der Waals surface area contributed by atoms with Crippen molar-refractivity contribution in [2.45, 2.75) is 25.3 Å². The summed E-state index contributed by atoms with van der Waals surface area (Å²) in [6, 6.07) is 6.01. The molecule has 0 saturated heterocycles. The number of carbonyl (C=O) groups excluding carboxylic acids is 1. The number of carbonyl (C=O) groups is 1. The number of Topliss-reactive ketones (excluding diaryl/α,β-unsaturated/α-hetero) is 1. The molecule has 118 valence electrons. The van der Waals surface area contributed by atoms with Crippen LogP contribution in [-0.4, -0.2) is 34.8 Å². The zero-order valence-electron chi connectivity index (χ0n) is 12.9. The van der Waals surface area contributed by atoms with E-state index < -0.39 is 10.0 Å². The van der Waals surface area contributed by atoms with Gasteiger partial charge in [0.1, 0.15) is 0 Å². The topological polar surface area (TPSA) is 72.3 Å². The van der Waals surface area contributed by atoms with E-state index in [1.54, 1.807) is 31.0 Å². The molecule has 0 fully saturated rings. The number of aromatic nitrogens is 2. The van der Waals surface area contributed by atoms with Crippen molar-refractivity contribution in [3.63, 3.8) is 0 Å². The summed E-state index contributed by atoms with van der Waals surface area (Å²) >= 11 is 0. The highest BCUT2D eigenvalue weighted by Crippen LogP contribution is 2.19. The maximum atomic E-state index is 12.7. The Bertz CT molecular complexity index is 764. The van der Waals surface area contributed by atoms with Crippen LogP contribution >= 0.6 is 0 Å². The molecule has 22 heavy (non-hydrogen) atoms. The van der Waals surface area contributed by atoms with Gasteiger partial charge in [-0.1, -0.05) is 19.1 Å². The molecule has 0 spiro atoms. The van der Waals surface area contributed by atoms with E-state index in [9.17, 15) is 13.2 Å². The average Bonchev–Trinajstić information content (AvgIpc) is 2.90. The monoisotopic (exact) mass is 321 g/mol. The fraction of sp³-hybridized carbons (Fsp3) is 0.333. The molecule has 1 heterocycles. The first kappa shape index (κ1) is 16.4. The molecule has 1 aromatic heterocycles. The first-order valence-corrected chi connectivity index (χ1v) is 8.37. The molecule has 0 aliphatic carbocycles. The van der Waals surface area contributed by atoms with E-state index in [1.165, 1.54) is 35.5 Å². The Balaban J connectivity index is 2.27. The van der Waals surface area contributed by atoms with Gasteiger partial charge in [0, 0.05) is 37.5 Å². The lowest BCUT2D eigenvalue weighted by molar-refractivity contribution is 0.101. The minimum atomic E-state index is -3.60. The minimum absolute atomic E-state index is 0.0911. The second-order valence-electron chi connectivity index (χ2n) is 5.03. The number of benzene rings is 1. The largest absolute Gasteiger partial charge is 0.295 e. The van der Waals surface area contributed by atoms with Gasteiger partial charge in [0.05, 0.1) is 11.1 Å². The molecule has 0 radical (unpaired) electrons. The molecule has 0 atom stereocenters. The van der Waals surface area contributed by atoms with Crippen molar-refractivity contribution < 1.29 is 13.2 Å². The van der Waals surface area contributed by atoms with Crippen LogP contribution in [0.3, 0.4) is 0 Å². The number of aryl methyl sites for hydroxylation is 1. The number of rotatable bonds is 6. The fourth-order valence-corrected chi connectivity index (χ4v) is 3.57. The average molecular weight is 321 g/mol. The summed E-state index contributed by atoms with van der Waals surface area (Å²) in [5, 5.41) is 4.05. The summed E-state index contributed by atoms with van der Waals surface area (Å²) < 4.78 is 28.4. The van der Waals surface area contributed by atoms with Gasteiger partial charge in [-0.25, -0.2) is 8.42 Å². The normalized spacial score (nSPS) is 11.8. The highest BCUT2D eigenvalue weighted by Gasteiger charge is 2.23. The van der Waals surface area contributed by atoms with Crippen LogP contribution in [-0.2, 0) is 23.6 Å². The van der Waals surface area contributed by atoms with Crippen molar-refractivity contribution in [2.24, 2.45) is 7.05 Å². The number of nitrogens with zero attached hydrogens (tertiary/aromatic N) is 3. The summed E-state index contributed by atoms with van der Waals surface area (Å²) in [6.07, 6.45) is 3.44. The molecule has 7 heteroatoms. The van der Waals surface area contributed by atoms with Gasteiger partial charge in [0.2, 0.25) is 10.0 Å². The van der Waals surface area contributed by atoms with Gasteiger partial charge < -0.3 is 0 Å². The summed E-state index contributed by atoms with van der Waals surface area (Å²) in [7, 11) is -1.81. The molecule has 6 nitrogen and oxygen atoms in total. The van der Waals surface area contributed by atoms with Crippen molar-refractivity contribution in [2.75, 3.05) is 6.54 Å². The molecule has 0 bridgehead atoms. The van der Waals surface area contributed by atoms with E-state index in [4.69, 9.17) is 0 Å².